The third kappa shape index (κ3) is 2.32. The maximum absolute atomic E-state index is 13.7. The molecule has 0 N–H and O–H groups in total. The zero-order chi connectivity index (χ0) is 21.4. The van der Waals surface area contributed by atoms with Crippen molar-refractivity contribution in [1.82, 2.24) is 0 Å². The van der Waals surface area contributed by atoms with Gasteiger partial charge < -0.3 is 0 Å². The van der Waals surface area contributed by atoms with Crippen LogP contribution in [0.25, 0.3) is 0 Å². The lowest BCUT2D eigenvalue weighted by molar-refractivity contribution is -0.384. The largest absolute Gasteiger partial charge is 0.294 e. The highest BCUT2D eigenvalue weighted by Gasteiger charge is 2.62. The Kier molecular flexibility index (Phi) is 3.77. The van der Waals surface area contributed by atoms with Crippen LogP contribution in [0.1, 0.15) is 34.1 Å². The Labute approximate surface area is 185 Å². The molecular weight excluding hydrogens is 460 g/mol. The van der Waals surface area contributed by atoms with E-state index in [1.807, 2.05) is 48.5 Å². The Hall–Kier alpha value is -3.32. The Balaban J connectivity index is 1.57. The summed E-state index contributed by atoms with van der Waals surface area (Å²) in [7, 11) is 0. The molecule has 1 heterocycles. The molecule has 0 radical (unpaired) electrons. The van der Waals surface area contributed by atoms with Gasteiger partial charge in [0.15, 0.2) is 0 Å². The van der Waals surface area contributed by atoms with Crippen molar-refractivity contribution < 1.29 is 14.5 Å². The van der Waals surface area contributed by atoms with E-state index in [1.165, 1.54) is 12.1 Å². The van der Waals surface area contributed by atoms with E-state index in [-0.39, 0.29) is 35.0 Å². The summed E-state index contributed by atoms with van der Waals surface area (Å²) in [6, 6.07) is 20.3. The normalized spacial score (nSPS) is 25.3. The highest BCUT2D eigenvalue weighted by molar-refractivity contribution is 9.10. The molecule has 3 aromatic rings. The Morgan fingerprint density at radius 2 is 1.23 bits per heavy atom. The van der Waals surface area contributed by atoms with Crippen molar-refractivity contribution in [3.8, 4) is 0 Å². The van der Waals surface area contributed by atoms with Gasteiger partial charge in [0.2, 0.25) is 11.8 Å². The molecule has 4 aliphatic rings. The fourth-order valence-electron chi connectivity index (χ4n) is 5.75. The minimum Gasteiger partial charge on any atom is -0.274 e. The molecule has 31 heavy (non-hydrogen) atoms. The first-order valence-corrected chi connectivity index (χ1v) is 10.8. The van der Waals surface area contributed by atoms with Gasteiger partial charge in [-0.1, -0.05) is 64.5 Å². The number of nitro groups is 1. The average Bonchev–Trinajstić information content (AvgIpc) is 3.04. The minimum atomic E-state index is -0.564. The first-order chi connectivity index (χ1) is 15.0. The van der Waals surface area contributed by atoms with Crippen molar-refractivity contribution >= 4 is 39.1 Å². The number of benzene rings is 3. The van der Waals surface area contributed by atoms with Gasteiger partial charge in [-0.25, -0.2) is 4.90 Å². The molecule has 0 spiro atoms. The number of carbonyl (C=O) groups is 2. The second-order valence-corrected chi connectivity index (χ2v) is 9.08. The Morgan fingerprint density at radius 3 is 1.65 bits per heavy atom. The lowest BCUT2D eigenvalue weighted by atomic mass is 9.55. The lowest BCUT2D eigenvalue weighted by Crippen LogP contribution is -2.41. The molecule has 2 atom stereocenters. The Morgan fingerprint density at radius 1 is 0.774 bits per heavy atom. The van der Waals surface area contributed by atoms with Crippen LogP contribution in [0.3, 0.4) is 0 Å². The number of nitrogens with zero attached hydrogens (tertiary/aromatic N) is 2. The summed E-state index contributed by atoms with van der Waals surface area (Å²) in [6.07, 6.45) is 0. The van der Waals surface area contributed by atoms with Crippen LogP contribution in [0.2, 0.25) is 0 Å². The monoisotopic (exact) mass is 474 g/mol. The predicted molar refractivity (Wildman–Crippen MR) is 117 cm³/mol. The van der Waals surface area contributed by atoms with Crippen LogP contribution in [0.5, 0.6) is 0 Å². The van der Waals surface area contributed by atoms with Crippen molar-refractivity contribution in [2.24, 2.45) is 11.8 Å². The van der Waals surface area contributed by atoms with Gasteiger partial charge in [0.1, 0.15) is 5.69 Å². The molecule has 2 amide bonds. The van der Waals surface area contributed by atoms with Crippen molar-refractivity contribution in [3.05, 3.63) is 104 Å². The molecule has 7 rings (SSSR count). The molecule has 0 aromatic heterocycles. The molecular formula is C24H15BrN2O4. The third-order valence-corrected chi connectivity index (χ3v) is 7.32. The number of imide groups is 1. The van der Waals surface area contributed by atoms with Crippen molar-refractivity contribution in [1.29, 1.82) is 0 Å². The van der Waals surface area contributed by atoms with E-state index in [4.69, 9.17) is 0 Å². The molecule has 1 saturated heterocycles. The van der Waals surface area contributed by atoms with Crippen LogP contribution < -0.4 is 4.90 Å². The molecule has 0 saturated carbocycles. The smallest absolute Gasteiger partial charge is 0.274 e. The van der Waals surface area contributed by atoms with Crippen LogP contribution in [-0.4, -0.2) is 16.7 Å². The van der Waals surface area contributed by atoms with Gasteiger partial charge >= 0.3 is 0 Å². The van der Waals surface area contributed by atoms with Gasteiger partial charge in [0.05, 0.1) is 16.8 Å². The van der Waals surface area contributed by atoms with Crippen molar-refractivity contribution in [2.45, 2.75) is 11.8 Å². The molecule has 1 aliphatic heterocycles. The first-order valence-electron chi connectivity index (χ1n) is 9.98. The van der Waals surface area contributed by atoms with Crippen LogP contribution in [0.4, 0.5) is 11.4 Å². The van der Waals surface area contributed by atoms with Crippen molar-refractivity contribution in [2.75, 3.05) is 4.90 Å². The van der Waals surface area contributed by atoms with Crippen LogP contribution >= 0.6 is 15.9 Å². The highest BCUT2D eigenvalue weighted by atomic mass is 79.9. The number of nitro benzene ring substituents is 1. The summed E-state index contributed by atoms with van der Waals surface area (Å²) in [5, 5.41) is 11.7. The van der Waals surface area contributed by atoms with Gasteiger partial charge in [-0.05, 0) is 34.4 Å². The van der Waals surface area contributed by atoms with Crippen LogP contribution in [0, 0.1) is 22.0 Å². The molecule has 3 aromatic carbocycles. The fourth-order valence-corrected chi connectivity index (χ4v) is 6.10. The molecule has 2 bridgehead atoms. The number of rotatable bonds is 2. The van der Waals surface area contributed by atoms with E-state index >= 15 is 0 Å². The summed E-state index contributed by atoms with van der Waals surface area (Å²) in [5.41, 5.74) is 4.05. The zero-order valence-corrected chi connectivity index (χ0v) is 17.7. The minimum absolute atomic E-state index is 0.0325. The van der Waals surface area contributed by atoms with Crippen LogP contribution in [-0.2, 0) is 9.59 Å². The quantitative estimate of drug-likeness (QED) is 0.304. The van der Waals surface area contributed by atoms with E-state index in [9.17, 15) is 19.7 Å². The van der Waals surface area contributed by atoms with Crippen molar-refractivity contribution in [3.63, 3.8) is 0 Å². The lowest BCUT2D eigenvalue weighted by Gasteiger charge is -2.45. The second kappa shape index (κ2) is 6.34. The van der Waals surface area contributed by atoms with E-state index in [2.05, 4.69) is 15.9 Å². The highest BCUT2D eigenvalue weighted by Crippen LogP contribution is 2.61. The fraction of sp³-hybridized carbons (Fsp3) is 0.167. The summed E-state index contributed by atoms with van der Waals surface area (Å²) in [5.74, 6) is -2.33. The summed E-state index contributed by atoms with van der Waals surface area (Å²) >= 11 is 3.24. The topological polar surface area (TPSA) is 80.5 Å². The molecule has 3 aliphatic carbocycles. The molecule has 2 unspecified atom stereocenters. The number of anilines is 1. The average molecular weight is 475 g/mol. The predicted octanol–water partition coefficient (Wildman–Crippen LogP) is 4.75. The van der Waals surface area contributed by atoms with E-state index in [1.54, 1.807) is 6.07 Å². The van der Waals surface area contributed by atoms with Gasteiger partial charge in [-0.15, -0.1) is 0 Å². The summed E-state index contributed by atoms with van der Waals surface area (Å²) in [6.45, 7) is 0. The maximum Gasteiger partial charge on any atom is 0.294 e. The van der Waals surface area contributed by atoms with Gasteiger partial charge in [-0.2, -0.15) is 0 Å². The molecule has 7 heteroatoms. The maximum atomic E-state index is 13.7. The van der Waals surface area contributed by atoms with E-state index < -0.39 is 16.8 Å². The first kappa shape index (κ1) is 18.4. The van der Waals surface area contributed by atoms with E-state index in [0.29, 0.717) is 4.47 Å². The zero-order valence-electron chi connectivity index (χ0n) is 16.1. The number of hydrogen-bond donors (Lipinski definition) is 0. The third-order valence-electron chi connectivity index (χ3n) is 6.82. The summed E-state index contributed by atoms with van der Waals surface area (Å²) < 4.78 is 0.513. The molecule has 1 fully saturated rings. The standard InChI is InChI=1S/C24H15BrN2O4/c25-12-9-10-17(18(11-12)27(30)31)26-23(28)21-19-13-5-1-2-6-14(13)20(22(21)24(26)29)16-8-4-3-7-15(16)19/h1-11,19-22H. The molecule has 152 valence electrons. The van der Waals surface area contributed by atoms with E-state index in [0.717, 1.165) is 27.2 Å². The second-order valence-electron chi connectivity index (χ2n) is 8.17. The number of hydrogen-bond acceptors (Lipinski definition) is 4. The summed E-state index contributed by atoms with van der Waals surface area (Å²) in [4.78, 5) is 39.6. The van der Waals surface area contributed by atoms with Gasteiger partial charge in [0.25, 0.3) is 5.69 Å². The van der Waals surface area contributed by atoms with Gasteiger partial charge in [-0.3, -0.25) is 19.7 Å². The van der Waals surface area contributed by atoms with Gasteiger partial charge in [0, 0.05) is 22.4 Å². The molecule has 6 nitrogen and oxygen atoms in total. The van der Waals surface area contributed by atoms with Crippen LogP contribution in [0.15, 0.2) is 71.2 Å². The SMILES string of the molecule is O=C1C2C3c4ccccc4C(c4ccccc43)C2C(=O)N1c1ccc(Br)cc1[N+](=O)[O-]. The number of amides is 2. The number of carbonyl (C=O) groups excluding carboxylic acids is 2. The Bertz CT molecular complexity index is 1200. The number of halogens is 1.